The first kappa shape index (κ1) is 13.5. The van der Waals surface area contributed by atoms with Crippen molar-refractivity contribution in [1.29, 1.82) is 0 Å². The molecule has 13 heavy (non-hydrogen) atoms. The van der Waals surface area contributed by atoms with E-state index in [1.807, 2.05) is 0 Å². The van der Waals surface area contributed by atoms with Gasteiger partial charge in [0.15, 0.2) is 0 Å². The monoisotopic (exact) mass is 240 g/mol. The summed E-state index contributed by atoms with van der Waals surface area (Å²) in [5, 5.41) is 0. The molecule has 78 valence electrons. The van der Waals surface area contributed by atoms with Gasteiger partial charge in [-0.2, -0.15) is 25.3 Å². The lowest BCUT2D eigenvalue weighted by Crippen LogP contribution is -2.44. The highest BCUT2D eigenvalue weighted by molar-refractivity contribution is 7.80. The summed E-state index contributed by atoms with van der Waals surface area (Å²) in [6.07, 6.45) is 0. The molecule has 6 heteroatoms. The van der Waals surface area contributed by atoms with Crippen molar-refractivity contribution in [1.82, 2.24) is 0 Å². The van der Waals surface area contributed by atoms with Crippen molar-refractivity contribution in [2.75, 3.05) is 31.8 Å². The minimum absolute atomic E-state index is 0.502. The Kier molecular flexibility index (Phi) is 8.22. The third-order valence-electron chi connectivity index (χ3n) is 1.32. The second-order valence-corrected chi connectivity index (χ2v) is 5.65. The quantitative estimate of drug-likeness (QED) is 0.493. The first-order valence-electron chi connectivity index (χ1n) is 3.93. The van der Waals surface area contributed by atoms with Crippen LogP contribution in [0, 0.1) is 0 Å². The number of hydrogen-bond donors (Lipinski definition) is 2. The van der Waals surface area contributed by atoms with Crippen molar-refractivity contribution >= 4 is 34.1 Å². The highest BCUT2D eigenvalue weighted by Gasteiger charge is 2.36. The van der Waals surface area contributed by atoms with E-state index in [9.17, 15) is 0 Å². The van der Waals surface area contributed by atoms with E-state index in [2.05, 4.69) is 31.8 Å². The highest BCUT2D eigenvalue weighted by atomic mass is 32.1. The zero-order chi connectivity index (χ0) is 10.2. The molecule has 0 atom stereocenters. The Balaban J connectivity index is 4.04. The molecule has 0 fully saturated rings. The zero-order valence-corrected chi connectivity index (χ0v) is 10.5. The van der Waals surface area contributed by atoms with Crippen LogP contribution in [0.25, 0.3) is 0 Å². The first-order chi connectivity index (χ1) is 6.24. The second-order valence-electron chi connectivity index (χ2n) is 2.16. The Labute approximate surface area is 91.6 Å². The van der Waals surface area contributed by atoms with E-state index >= 15 is 0 Å². The van der Waals surface area contributed by atoms with Crippen LogP contribution in [0.5, 0.6) is 0 Å². The zero-order valence-electron chi connectivity index (χ0n) is 7.73. The van der Waals surface area contributed by atoms with Crippen LogP contribution in [0.4, 0.5) is 0 Å². The fraction of sp³-hybridized carbons (Fsp3) is 0.714. The fourth-order valence-corrected chi connectivity index (χ4v) is 2.76. The molecule has 0 aliphatic heterocycles. The van der Waals surface area contributed by atoms with Crippen molar-refractivity contribution in [3.05, 3.63) is 12.3 Å². The summed E-state index contributed by atoms with van der Waals surface area (Å²) in [5.41, 5.74) is 1.61. The molecule has 0 aliphatic rings. The van der Waals surface area contributed by atoms with E-state index in [0.29, 0.717) is 24.7 Å². The van der Waals surface area contributed by atoms with E-state index in [1.54, 1.807) is 12.8 Å². The molecule has 0 saturated heterocycles. The molecule has 3 nitrogen and oxygen atoms in total. The minimum Gasteiger partial charge on any atom is -0.374 e. The van der Waals surface area contributed by atoms with Gasteiger partial charge in [-0.25, -0.2) is 0 Å². The number of hydrogen-bond acceptors (Lipinski definition) is 5. The van der Waals surface area contributed by atoms with E-state index in [1.165, 1.54) is 0 Å². The van der Waals surface area contributed by atoms with Crippen LogP contribution in [0.3, 0.4) is 0 Å². The van der Waals surface area contributed by atoms with Crippen molar-refractivity contribution in [2.24, 2.45) is 0 Å². The fourth-order valence-electron chi connectivity index (χ4n) is 0.737. The minimum atomic E-state index is -2.62. The van der Waals surface area contributed by atoms with Crippen molar-refractivity contribution < 1.29 is 13.3 Å². The Morgan fingerprint density at radius 3 is 1.92 bits per heavy atom. The lowest BCUT2D eigenvalue weighted by atomic mass is 10.9. The van der Waals surface area contributed by atoms with Gasteiger partial charge in [0.2, 0.25) is 0 Å². The Bertz CT molecular complexity index is 138. The molecule has 0 aromatic rings. The lowest BCUT2D eigenvalue weighted by Gasteiger charge is -2.24. The van der Waals surface area contributed by atoms with Gasteiger partial charge in [0.05, 0.1) is 0 Å². The molecule has 0 unspecified atom stereocenters. The summed E-state index contributed by atoms with van der Waals surface area (Å²) in [7, 11) is -1.06. The van der Waals surface area contributed by atoms with Crippen molar-refractivity contribution in [3.63, 3.8) is 0 Å². The molecule has 0 heterocycles. The van der Waals surface area contributed by atoms with Crippen LogP contribution < -0.4 is 0 Å². The smallest absolute Gasteiger partial charge is 0.374 e. The first-order valence-corrected chi connectivity index (χ1v) is 6.99. The van der Waals surface area contributed by atoms with E-state index < -0.39 is 8.80 Å². The SMILES string of the molecule is C=C[Si](OC)(OCCS)OCCS. The molecular formula is C7H16O3S2Si. The maximum Gasteiger partial charge on any atom is 0.528 e. The standard InChI is InChI=1S/C7H16O3S2Si/c1-3-13(8-2,9-4-6-11)10-5-7-12/h3,11-12H,1,4-7H2,2H3. The van der Waals surface area contributed by atoms with E-state index in [4.69, 9.17) is 13.3 Å². The maximum atomic E-state index is 5.45. The van der Waals surface area contributed by atoms with Crippen molar-refractivity contribution in [2.45, 2.75) is 0 Å². The maximum absolute atomic E-state index is 5.45. The van der Waals surface area contributed by atoms with Crippen LogP contribution >= 0.6 is 25.3 Å². The van der Waals surface area contributed by atoms with E-state index in [-0.39, 0.29) is 0 Å². The van der Waals surface area contributed by atoms with Gasteiger partial charge in [-0.1, -0.05) is 6.58 Å². The normalized spacial score (nSPS) is 11.6. The molecule has 0 rings (SSSR count). The van der Waals surface area contributed by atoms with Gasteiger partial charge in [-0.15, -0.1) is 0 Å². The summed E-state index contributed by atoms with van der Waals surface area (Å²) in [6, 6.07) is 0. The molecule has 0 amide bonds. The predicted molar refractivity (Wildman–Crippen MR) is 62.6 cm³/mol. The van der Waals surface area contributed by atoms with Gasteiger partial charge in [0, 0.05) is 31.8 Å². The molecule has 0 aromatic heterocycles. The second kappa shape index (κ2) is 7.90. The topological polar surface area (TPSA) is 27.7 Å². The van der Waals surface area contributed by atoms with Crippen LogP contribution in [0.1, 0.15) is 0 Å². The molecular weight excluding hydrogens is 224 g/mol. The summed E-state index contributed by atoms with van der Waals surface area (Å²) in [5.74, 6) is 1.27. The number of rotatable bonds is 8. The average molecular weight is 240 g/mol. The highest BCUT2D eigenvalue weighted by Crippen LogP contribution is 2.09. The molecule has 0 radical (unpaired) electrons. The molecule has 0 saturated carbocycles. The summed E-state index contributed by atoms with van der Waals surface area (Å²) >= 11 is 8.08. The molecule has 0 spiro atoms. The molecule has 0 aliphatic carbocycles. The van der Waals surface area contributed by atoms with E-state index in [0.717, 1.165) is 0 Å². The molecule has 0 N–H and O–H groups in total. The Hall–Kier alpha value is 0.537. The Morgan fingerprint density at radius 2 is 1.69 bits per heavy atom. The third-order valence-corrected chi connectivity index (χ3v) is 3.97. The Morgan fingerprint density at radius 1 is 1.23 bits per heavy atom. The average Bonchev–Trinajstić information content (AvgIpc) is 2.20. The largest absolute Gasteiger partial charge is 0.528 e. The van der Waals surface area contributed by atoms with Gasteiger partial charge in [-0.05, 0) is 5.70 Å². The van der Waals surface area contributed by atoms with Gasteiger partial charge in [0.1, 0.15) is 0 Å². The lowest BCUT2D eigenvalue weighted by molar-refractivity contribution is 0.102. The third kappa shape index (κ3) is 5.09. The summed E-state index contributed by atoms with van der Waals surface area (Å²) in [6.45, 7) is 4.65. The van der Waals surface area contributed by atoms with Gasteiger partial charge >= 0.3 is 8.80 Å². The van der Waals surface area contributed by atoms with Crippen molar-refractivity contribution in [3.8, 4) is 0 Å². The van der Waals surface area contributed by atoms with Crippen LogP contribution in [0.15, 0.2) is 12.3 Å². The van der Waals surface area contributed by atoms with Gasteiger partial charge < -0.3 is 13.3 Å². The molecule has 0 aromatic carbocycles. The summed E-state index contributed by atoms with van der Waals surface area (Å²) in [4.78, 5) is 0. The predicted octanol–water partition coefficient (Wildman–Crippen LogP) is 1.19. The summed E-state index contributed by atoms with van der Waals surface area (Å²) < 4.78 is 16.1. The van der Waals surface area contributed by atoms with Crippen LogP contribution in [-0.2, 0) is 13.3 Å². The number of thiol groups is 2. The van der Waals surface area contributed by atoms with Crippen LogP contribution in [0.2, 0.25) is 0 Å². The van der Waals surface area contributed by atoms with Crippen LogP contribution in [-0.4, -0.2) is 40.6 Å². The molecule has 0 bridgehead atoms. The van der Waals surface area contributed by atoms with Gasteiger partial charge in [-0.3, -0.25) is 0 Å². The van der Waals surface area contributed by atoms with Gasteiger partial charge in [0.25, 0.3) is 0 Å².